The summed E-state index contributed by atoms with van der Waals surface area (Å²) in [5, 5.41) is 23.7. The minimum Gasteiger partial charge on any atom is -0.507 e. The summed E-state index contributed by atoms with van der Waals surface area (Å²) in [6.07, 6.45) is 7.53. The predicted octanol–water partition coefficient (Wildman–Crippen LogP) is 11.5. The molecule has 2 N–H and O–H groups in total. The van der Waals surface area contributed by atoms with Gasteiger partial charge in [0.1, 0.15) is 23.6 Å². The summed E-state index contributed by atoms with van der Waals surface area (Å²) in [5.41, 5.74) is 15.0. The van der Waals surface area contributed by atoms with Gasteiger partial charge in [0, 0.05) is 46.5 Å². The van der Waals surface area contributed by atoms with Crippen molar-refractivity contribution in [1.82, 2.24) is 0 Å². The molecule has 2 aliphatic rings. The molecular weight excluding hydrogens is 661 g/mol. The molecule has 270 valence electrons. The van der Waals surface area contributed by atoms with Crippen LogP contribution in [0, 0.1) is 27.7 Å². The minimum atomic E-state index is -0.410. The topological polar surface area (TPSA) is 65.2 Å². The van der Waals surface area contributed by atoms with Crippen LogP contribution in [0.2, 0.25) is 0 Å². The van der Waals surface area contributed by atoms with Crippen molar-refractivity contribution in [2.45, 2.75) is 77.3 Å². The summed E-state index contributed by atoms with van der Waals surface area (Å²) >= 11 is 0. The first-order valence-corrected chi connectivity index (χ1v) is 19.3. The Kier molecular flexibility index (Phi) is 9.77. The third-order valence-corrected chi connectivity index (χ3v) is 11.4. The molecule has 0 aromatic heterocycles. The molecule has 0 bridgehead atoms. The van der Waals surface area contributed by atoms with Crippen molar-refractivity contribution >= 4 is 12.4 Å². The van der Waals surface area contributed by atoms with E-state index in [0.29, 0.717) is 22.6 Å². The van der Waals surface area contributed by atoms with E-state index in [0.717, 1.165) is 70.2 Å². The Morgan fingerprint density at radius 3 is 1.24 bits per heavy atom. The van der Waals surface area contributed by atoms with E-state index in [1.807, 2.05) is 36.7 Å². The third-order valence-electron chi connectivity index (χ3n) is 11.4. The molecule has 6 aromatic carbocycles. The minimum absolute atomic E-state index is 0.152. The fraction of sp³-hybridized carbons (Fsp3) is 0.240. The molecule has 0 saturated carbocycles. The number of benzene rings is 6. The number of aromatic hydroxyl groups is 2. The highest BCUT2D eigenvalue weighted by Crippen LogP contribution is 2.46. The van der Waals surface area contributed by atoms with Crippen LogP contribution in [-0.2, 0) is 12.8 Å². The molecule has 2 aliphatic carbocycles. The molecule has 0 heterocycles. The molecule has 4 nitrogen and oxygen atoms in total. The van der Waals surface area contributed by atoms with E-state index in [9.17, 15) is 10.2 Å². The number of phenolic OH excluding ortho intramolecular Hbond substituents is 2. The Hall–Kier alpha value is -5.74. The zero-order chi connectivity index (χ0) is 37.3. The molecule has 4 heteroatoms. The first kappa shape index (κ1) is 35.3. The van der Waals surface area contributed by atoms with E-state index in [2.05, 4.69) is 125 Å². The fourth-order valence-corrected chi connectivity index (χ4v) is 9.06. The number of nitrogens with zero attached hydrogens (tertiary/aromatic N) is 2. The second kappa shape index (κ2) is 14.9. The predicted molar refractivity (Wildman–Crippen MR) is 222 cm³/mol. The van der Waals surface area contributed by atoms with Gasteiger partial charge in [-0.05, 0) is 98.9 Å². The van der Waals surface area contributed by atoms with Gasteiger partial charge in [-0.3, -0.25) is 9.98 Å². The largest absolute Gasteiger partial charge is 0.507 e. The van der Waals surface area contributed by atoms with E-state index < -0.39 is 12.1 Å². The summed E-state index contributed by atoms with van der Waals surface area (Å²) in [4.78, 5) is 10.7. The number of hydrogen-bond donors (Lipinski definition) is 2. The van der Waals surface area contributed by atoms with E-state index in [-0.39, 0.29) is 11.8 Å². The highest BCUT2D eigenvalue weighted by Gasteiger charge is 2.31. The van der Waals surface area contributed by atoms with Crippen molar-refractivity contribution in [2.24, 2.45) is 9.98 Å². The maximum atomic E-state index is 11.9. The van der Waals surface area contributed by atoms with Gasteiger partial charge in [-0.25, -0.2) is 0 Å². The Morgan fingerprint density at radius 2 is 0.870 bits per heavy atom. The average Bonchev–Trinajstić information content (AvgIpc) is 3.80. The summed E-state index contributed by atoms with van der Waals surface area (Å²) in [6.45, 7) is 8.48. The fourth-order valence-electron chi connectivity index (χ4n) is 9.06. The van der Waals surface area contributed by atoms with Crippen LogP contribution in [0.3, 0.4) is 0 Å². The summed E-state index contributed by atoms with van der Waals surface area (Å²) in [7, 11) is 0. The van der Waals surface area contributed by atoms with Gasteiger partial charge in [0.05, 0.1) is 0 Å². The van der Waals surface area contributed by atoms with Gasteiger partial charge < -0.3 is 10.2 Å². The number of phenols is 2. The Bertz CT molecular complexity index is 2170. The van der Waals surface area contributed by atoms with E-state index in [1.165, 1.54) is 22.3 Å². The molecule has 4 atom stereocenters. The van der Waals surface area contributed by atoms with Gasteiger partial charge in [0.25, 0.3) is 0 Å². The monoisotopic (exact) mass is 708 g/mol. The van der Waals surface area contributed by atoms with Crippen LogP contribution in [0.5, 0.6) is 11.5 Å². The van der Waals surface area contributed by atoms with Crippen molar-refractivity contribution < 1.29 is 10.2 Å². The van der Waals surface area contributed by atoms with Crippen LogP contribution in [0.4, 0.5) is 0 Å². The van der Waals surface area contributed by atoms with Crippen molar-refractivity contribution in [3.05, 3.63) is 199 Å². The van der Waals surface area contributed by atoms with Crippen molar-refractivity contribution in [3.8, 4) is 11.5 Å². The molecule has 0 fully saturated rings. The molecule has 54 heavy (non-hydrogen) atoms. The van der Waals surface area contributed by atoms with Gasteiger partial charge in [-0.2, -0.15) is 0 Å². The molecule has 0 saturated heterocycles. The first-order chi connectivity index (χ1) is 26.2. The number of hydrogen-bond acceptors (Lipinski definition) is 4. The molecule has 0 spiro atoms. The van der Waals surface area contributed by atoms with Crippen LogP contribution < -0.4 is 0 Å². The summed E-state index contributed by atoms with van der Waals surface area (Å²) in [5.74, 6) is 0.922. The van der Waals surface area contributed by atoms with Gasteiger partial charge in [-0.1, -0.05) is 131 Å². The molecule has 0 aliphatic heterocycles. The number of rotatable bonds is 9. The molecule has 0 amide bonds. The Morgan fingerprint density at radius 1 is 0.500 bits per heavy atom. The van der Waals surface area contributed by atoms with E-state index >= 15 is 0 Å². The zero-order valence-corrected chi connectivity index (χ0v) is 31.6. The van der Waals surface area contributed by atoms with Crippen LogP contribution in [0.1, 0.15) is 115 Å². The number of aryl methyl sites for hydroxylation is 6. The van der Waals surface area contributed by atoms with Crippen molar-refractivity contribution in [1.29, 1.82) is 0 Å². The van der Waals surface area contributed by atoms with E-state index in [4.69, 9.17) is 9.98 Å². The maximum absolute atomic E-state index is 11.9. The van der Waals surface area contributed by atoms with Crippen molar-refractivity contribution in [3.63, 3.8) is 0 Å². The zero-order valence-electron chi connectivity index (χ0n) is 31.6. The van der Waals surface area contributed by atoms with Crippen LogP contribution in [-0.4, -0.2) is 22.6 Å². The lowest BCUT2D eigenvalue weighted by Gasteiger charge is -2.24. The second-order valence-corrected chi connectivity index (χ2v) is 15.4. The van der Waals surface area contributed by atoms with Gasteiger partial charge in [0.2, 0.25) is 0 Å². The summed E-state index contributed by atoms with van der Waals surface area (Å²) < 4.78 is 0. The molecule has 4 unspecified atom stereocenters. The lowest BCUT2D eigenvalue weighted by molar-refractivity contribution is 0.464. The number of aliphatic imine (C=N–C) groups is 2. The normalized spacial score (nSPS) is 17.6. The second-order valence-electron chi connectivity index (χ2n) is 15.4. The lowest BCUT2D eigenvalue weighted by atomic mass is 9.90. The molecule has 6 aromatic rings. The standard InChI is InChI=1S/C50H48N2O2/c1-31-23-32(2)26-41(25-31)47(51-29-39-17-15-37-19-21-43(45(37)49(39)53)35-11-7-5-8-12-35)48(42-27-33(3)24-34(4)28-42)52-30-40-18-16-38-20-22-44(46(38)50(40)54)36-13-9-6-10-14-36/h5-18,23-30,43-44,47-48,53-54H,19-22H2,1-4H3. The molecule has 8 rings (SSSR count). The average molecular weight is 709 g/mol. The first-order valence-electron chi connectivity index (χ1n) is 19.3. The SMILES string of the molecule is Cc1cc(C)cc(C(N=Cc2ccc3c(c2O)C(c2ccccc2)CC3)C(N=Cc2ccc3c(c2O)C(c2ccccc2)CC3)c2cc(C)cc(C)c2)c1. The van der Waals surface area contributed by atoms with Crippen LogP contribution in [0.25, 0.3) is 0 Å². The van der Waals surface area contributed by atoms with Crippen LogP contribution in [0.15, 0.2) is 131 Å². The van der Waals surface area contributed by atoms with Crippen LogP contribution >= 0.6 is 0 Å². The molecule has 0 radical (unpaired) electrons. The number of fused-ring (bicyclic) bond motifs is 2. The highest BCUT2D eigenvalue weighted by molar-refractivity contribution is 5.86. The summed E-state index contributed by atoms with van der Waals surface area (Å²) in [6, 6.07) is 41.7. The quantitative estimate of drug-likeness (QED) is 0.147. The Balaban J connectivity index is 1.24. The van der Waals surface area contributed by atoms with Gasteiger partial charge >= 0.3 is 0 Å². The lowest BCUT2D eigenvalue weighted by Crippen LogP contribution is -2.11. The molecular formula is C50H48N2O2. The Labute approximate surface area is 319 Å². The highest BCUT2D eigenvalue weighted by atomic mass is 16.3. The maximum Gasteiger partial charge on any atom is 0.128 e. The van der Waals surface area contributed by atoms with E-state index in [1.54, 1.807) is 0 Å². The smallest absolute Gasteiger partial charge is 0.128 e. The van der Waals surface area contributed by atoms with Gasteiger partial charge in [0.15, 0.2) is 0 Å². The third kappa shape index (κ3) is 7.01. The van der Waals surface area contributed by atoms with Gasteiger partial charge in [-0.15, -0.1) is 0 Å². The van der Waals surface area contributed by atoms with Crippen molar-refractivity contribution in [2.75, 3.05) is 0 Å².